The first-order valence-electron chi connectivity index (χ1n) is 11.7. The van der Waals surface area contributed by atoms with E-state index in [9.17, 15) is 15.0 Å². The van der Waals surface area contributed by atoms with Gasteiger partial charge in [0, 0.05) is 6.42 Å². The number of hydrogen-bond acceptors (Lipinski definition) is 3. The van der Waals surface area contributed by atoms with E-state index in [1.807, 2.05) is 0 Å². The van der Waals surface area contributed by atoms with Crippen molar-refractivity contribution in [3.05, 3.63) is 0 Å². The van der Waals surface area contributed by atoms with Gasteiger partial charge in [0.05, 0.1) is 12.2 Å². The lowest BCUT2D eigenvalue weighted by Gasteiger charge is -2.62. The smallest absolute Gasteiger partial charge is 0.316 e. The van der Waals surface area contributed by atoms with Crippen LogP contribution in [0.1, 0.15) is 85.0 Å². The summed E-state index contributed by atoms with van der Waals surface area (Å²) in [5.74, 6) is 2.61. The van der Waals surface area contributed by atoms with Crippen LogP contribution < -0.4 is 0 Å². The van der Waals surface area contributed by atoms with Crippen LogP contribution in [0.3, 0.4) is 0 Å². The second-order valence-electron chi connectivity index (χ2n) is 11.4. The number of carboxylic acid groups (broad SMARTS) is 1. The van der Waals surface area contributed by atoms with Gasteiger partial charge in [0.1, 0.15) is 0 Å². The Balaban J connectivity index is 0.00000240. The Bertz CT molecular complexity index is 612. The topological polar surface area (TPSA) is 77.8 Å². The molecule has 4 aliphatic carbocycles. The standard InChI is InChI=1S/C24H40O4.Mg.2H/c1-14(4-7-22(27)28)17-5-6-18-16-13-21(26)20-12-15(25)8-10-24(20,3)19(16)9-11-23(17,18)2;;;/h14-21,25-26H,4-13H2,1-3H3,(H,27,28);;;/t14-,15-,16+,17-,18+,19+,20+,21+,23-,24-;;;/m1.../s1. The van der Waals surface area contributed by atoms with E-state index in [0.29, 0.717) is 35.0 Å². The lowest BCUT2D eigenvalue weighted by molar-refractivity contribution is -0.172. The fraction of sp³-hybridized carbons (Fsp3) is 0.958. The predicted octanol–water partition coefficient (Wildman–Crippen LogP) is 3.56. The second kappa shape index (κ2) is 8.59. The molecule has 0 heterocycles. The molecule has 0 aromatic rings. The zero-order valence-electron chi connectivity index (χ0n) is 17.9. The van der Waals surface area contributed by atoms with Crippen LogP contribution in [0.5, 0.6) is 0 Å². The minimum atomic E-state index is -0.677. The molecule has 4 rings (SSSR count). The molecule has 5 heteroatoms. The summed E-state index contributed by atoms with van der Waals surface area (Å²) in [5, 5.41) is 30.4. The van der Waals surface area contributed by atoms with Gasteiger partial charge in [-0.05, 0) is 104 Å². The number of aliphatic hydroxyl groups excluding tert-OH is 2. The lowest BCUT2D eigenvalue weighted by Crippen LogP contribution is -2.58. The van der Waals surface area contributed by atoms with Crippen LogP contribution >= 0.6 is 0 Å². The van der Waals surface area contributed by atoms with Crippen molar-refractivity contribution < 1.29 is 20.1 Å². The highest BCUT2D eigenvalue weighted by Gasteiger charge is 2.62. The van der Waals surface area contributed by atoms with Gasteiger partial charge in [0.25, 0.3) is 0 Å². The first kappa shape index (κ1) is 23.8. The Labute approximate surface area is 192 Å². The number of fused-ring (bicyclic) bond motifs is 5. The third-order valence-electron chi connectivity index (χ3n) is 10.2. The molecule has 4 aliphatic rings. The van der Waals surface area contributed by atoms with Crippen molar-refractivity contribution >= 4 is 29.0 Å². The van der Waals surface area contributed by atoms with E-state index in [-0.39, 0.29) is 53.0 Å². The zero-order chi connectivity index (χ0) is 20.3. The van der Waals surface area contributed by atoms with Crippen molar-refractivity contribution in [1.29, 1.82) is 0 Å². The summed E-state index contributed by atoms with van der Waals surface area (Å²) >= 11 is 0. The Hall–Kier alpha value is 0.156. The van der Waals surface area contributed by atoms with E-state index >= 15 is 0 Å². The molecular weight excluding hydrogens is 377 g/mol. The van der Waals surface area contributed by atoms with Gasteiger partial charge in [-0.3, -0.25) is 4.79 Å². The SMILES string of the molecule is C[C@H](CCC(=O)O)[C@H]1CC[C@H]2[C@@H]3C[C@H](O)[C@@H]4C[C@H](O)CC[C@]4(C)[C@H]3CC[C@]12C.[MgH2]. The Kier molecular flexibility index (Phi) is 7.06. The van der Waals surface area contributed by atoms with Crippen LogP contribution in [-0.4, -0.2) is 56.5 Å². The van der Waals surface area contributed by atoms with Crippen LogP contribution in [-0.2, 0) is 4.79 Å². The quantitative estimate of drug-likeness (QED) is 0.610. The summed E-state index contributed by atoms with van der Waals surface area (Å²) in [6, 6.07) is 0. The van der Waals surface area contributed by atoms with Crippen molar-refractivity contribution in [1.82, 2.24) is 0 Å². The molecule has 3 N–H and O–H groups in total. The summed E-state index contributed by atoms with van der Waals surface area (Å²) in [5.41, 5.74) is 0.478. The van der Waals surface area contributed by atoms with E-state index in [4.69, 9.17) is 5.11 Å². The summed E-state index contributed by atoms with van der Waals surface area (Å²) < 4.78 is 0. The van der Waals surface area contributed by atoms with Crippen molar-refractivity contribution in [3.8, 4) is 0 Å². The Morgan fingerprint density at radius 1 is 0.966 bits per heavy atom. The number of carboxylic acids is 1. The monoisotopic (exact) mass is 418 g/mol. The molecule has 0 radical (unpaired) electrons. The van der Waals surface area contributed by atoms with Gasteiger partial charge >= 0.3 is 29.0 Å². The highest BCUT2D eigenvalue weighted by Crippen LogP contribution is 2.68. The van der Waals surface area contributed by atoms with Crippen molar-refractivity contribution in [2.24, 2.45) is 46.3 Å². The molecule has 4 saturated carbocycles. The molecule has 0 bridgehead atoms. The molecule has 0 aromatic heterocycles. The normalized spacial score (nSPS) is 49.9. The van der Waals surface area contributed by atoms with E-state index in [1.165, 1.54) is 25.7 Å². The fourth-order valence-corrected chi connectivity index (χ4v) is 8.81. The molecule has 4 fully saturated rings. The van der Waals surface area contributed by atoms with E-state index in [0.717, 1.165) is 32.1 Å². The second-order valence-corrected chi connectivity index (χ2v) is 11.4. The van der Waals surface area contributed by atoms with Crippen molar-refractivity contribution in [2.45, 2.75) is 97.2 Å². The van der Waals surface area contributed by atoms with Crippen LogP contribution in [0.25, 0.3) is 0 Å². The van der Waals surface area contributed by atoms with Crippen LogP contribution in [0.2, 0.25) is 0 Å². The largest absolute Gasteiger partial charge is 0.481 e. The summed E-state index contributed by atoms with van der Waals surface area (Å²) in [4.78, 5) is 11.1. The third kappa shape index (κ3) is 3.91. The molecule has 0 aromatic carbocycles. The fourth-order valence-electron chi connectivity index (χ4n) is 8.81. The predicted molar refractivity (Wildman–Crippen MR) is 117 cm³/mol. The number of aliphatic hydroxyl groups is 2. The van der Waals surface area contributed by atoms with Crippen molar-refractivity contribution in [3.63, 3.8) is 0 Å². The first-order chi connectivity index (χ1) is 13.2. The molecule has 0 spiro atoms. The molecule has 4 nitrogen and oxygen atoms in total. The van der Waals surface area contributed by atoms with Gasteiger partial charge < -0.3 is 15.3 Å². The van der Waals surface area contributed by atoms with Crippen LogP contribution in [0, 0.1) is 46.3 Å². The maximum atomic E-state index is 11.1. The zero-order valence-corrected chi connectivity index (χ0v) is 17.9. The van der Waals surface area contributed by atoms with Gasteiger partial charge in [-0.2, -0.15) is 0 Å². The highest BCUT2D eigenvalue weighted by molar-refractivity contribution is 5.75. The Morgan fingerprint density at radius 2 is 1.62 bits per heavy atom. The molecule has 0 saturated heterocycles. The maximum absolute atomic E-state index is 11.1. The molecule has 29 heavy (non-hydrogen) atoms. The van der Waals surface area contributed by atoms with Gasteiger partial charge in [-0.15, -0.1) is 0 Å². The van der Waals surface area contributed by atoms with Gasteiger partial charge in [-0.25, -0.2) is 0 Å². The summed E-state index contributed by atoms with van der Waals surface area (Å²) in [6.07, 6.45) is 9.16. The van der Waals surface area contributed by atoms with E-state index in [1.54, 1.807) is 0 Å². The maximum Gasteiger partial charge on any atom is 0.316 e. The molecule has 0 amide bonds. The summed E-state index contributed by atoms with van der Waals surface area (Å²) in [7, 11) is 0. The molecule has 10 atom stereocenters. The summed E-state index contributed by atoms with van der Waals surface area (Å²) in [6.45, 7) is 7.16. The highest BCUT2D eigenvalue weighted by atomic mass is 24.3. The molecule has 0 unspecified atom stereocenters. The van der Waals surface area contributed by atoms with Crippen LogP contribution in [0.4, 0.5) is 0 Å². The molecule has 164 valence electrons. The van der Waals surface area contributed by atoms with E-state index in [2.05, 4.69) is 20.8 Å². The first-order valence-corrected chi connectivity index (χ1v) is 11.7. The van der Waals surface area contributed by atoms with E-state index < -0.39 is 5.97 Å². The number of carbonyl (C=O) groups is 1. The average molecular weight is 419 g/mol. The van der Waals surface area contributed by atoms with Gasteiger partial charge in [-0.1, -0.05) is 20.8 Å². The molecular formula is C24H42MgO4. The lowest BCUT2D eigenvalue weighted by atomic mass is 9.44. The van der Waals surface area contributed by atoms with Crippen LogP contribution in [0.15, 0.2) is 0 Å². The van der Waals surface area contributed by atoms with Gasteiger partial charge in [0.2, 0.25) is 0 Å². The Morgan fingerprint density at radius 3 is 2.31 bits per heavy atom. The molecule has 0 aliphatic heterocycles. The number of rotatable bonds is 4. The van der Waals surface area contributed by atoms with Crippen molar-refractivity contribution in [2.75, 3.05) is 0 Å². The number of hydrogen-bond donors (Lipinski definition) is 3. The third-order valence-corrected chi connectivity index (χ3v) is 10.2. The average Bonchev–Trinajstić information content (AvgIpc) is 2.99. The minimum absolute atomic E-state index is 0. The van der Waals surface area contributed by atoms with Gasteiger partial charge in [0.15, 0.2) is 0 Å². The minimum Gasteiger partial charge on any atom is -0.481 e. The number of aliphatic carboxylic acids is 1.